The molecule has 0 bridgehead atoms. The third-order valence-electron chi connectivity index (χ3n) is 3.03. The number of rotatable bonds is 5. The molecule has 0 amide bonds. The van der Waals surface area contributed by atoms with Gasteiger partial charge >= 0.3 is 0 Å². The Morgan fingerprint density at radius 2 is 1.90 bits per heavy atom. The lowest BCUT2D eigenvalue weighted by molar-refractivity contribution is 0.573. The van der Waals surface area contributed by atoms with Gasteiger partial charge in [-0.05, 0) is 42.3 Å². The molecular formula is C15H17F2N3. The van der Waals surface area contributed by atoms with Crippen LogP contribution < -0.4 is 10.6 Å². The highest BCUT2D eigenvalue weighted by molar-refractivity contribution is 5.50. The molecule has 0 spiro atoms. The van der Waals surface area contributed by atoms with Crippen molar-refractivity contribution in [3.63, 3.8) is 0 Å². The minimum Gasteiger partial charge on any atom is -0.365 e. The third-order valence-corrected chi connectivity index (χ3v) is 3.03. The monoisotopic (exact) mass is 277 g/mol. The SMILES string of the molecule is CN(Cc1cccnc1)c1c(F)cc(CCN)cc1F. The molecule has 106 valence electrons. The van der Waals surface area contributed by atoms with Crippen LogP contribution in [0.15, 0.2) is 36.7 Å². The van der Waals surface area contributed by atoms with E-state index in [1.165, 1.54) is 17.0 Å². The summed E-state index contributed by atoms with van der Waals surface area (Å²) in [5, 5.41) is 0. The van der Waals surface area contributed by atoms with E-state index in [9.17, 15) is 8.78 Å². The van der Waals surface area contributed by atoms with Gasteiger partial charge in [0.15, 0.2) is 0 Å². The zero-order valence-electron chi connectivity index (χ0n) is 11.3. The van der Waals surface area contributed by atoms with Crippen molar-refractivity contribution in [2.75, 3.05) is 18.5 Å². The summed E-state index contributed by atoms with van der Waals surface area (Å²) >= 11 is 0. The van der Waals surface area contributed by atoms with Crippen molar-refractivity contribution in [2.24, 2.45) is 5.73 Å². The molecule has 5 heteroatoms. The molecule has 0 aliphatic rings. The fraction of sp³-hybridized carbons (Fsp3) is 0.267. The van der Waals surface area contributed by atoms with E-state index < -0.39 is 11.6 Å². The van der Waals surface area contributed by atoms with Crippen LogP contribution in [0.1, 0.15) is 11.1 Å². The minimum absolute atomic E-state index is 0.0328. The molecule has 0 fully saturated rings. The number of pyridine rings is 1. The maximum Gasteiger partial charge on any atom is 0.149 e. The summed E-state index contributed by atoms with van der Waals surface area (Å²) in [4.78, 5) is 5.52. The van der Waals surface area contributed by atoms with E-state index in [2.05, 4.69) is 4.98 Å². The zero-order valence-corrected chi connectivity index (χ0v) is 11.3. The number of halogens is 2. The van der Waals surface area contributed by atoms with Gasteiger partial charge in [-0.1, -0.05) is 6.07 Å². The van der Waals surface area contributed by atoms with Crippen molar-refractivity contribution in [2.45, 2.75) is 13.0 Å². The maximum atomic E-state index is 14.0. The molecule has 0 saturated carbocycles. The predicted molar refractivity (Wildman–Crippen MR) is 75.5 cm³/mol. The molecule has 1 aromatic carbocycles. The molecule has 3 nitrogen and oxygen atoms in total. The average Bonchev–Trinajstić information content (AvgIpc) is 2.39. The molecule has 0 radical (unpaired) electrons. The first-order valence-electron chi connectivity index (χ1n) is 6.40. The quantitative estimate of drug-likeness (QED) is 0.913. The van der Waals surface area contributed by atoms with Crippen molar-refractivity contribution in [3.8, 4) is 0 Å². The van der Waals surface area contributed by atoms with Gasteiger partial charge in [-0.3, -0.25) is 4.98 Å². The van der Waals surface area contributed by atoms with Crippen LogP contribution in [0.4, 0.5) is 14.5 Å². The molecule has 2 N–H and O–H groups in total. The van der Waals surface area contributed by atoms with E-state index in [0.717, 1.165) is 5.56 Å². The first kappa shape index (κ1) is 14.4. The largest absolute Gasteiger partial charge is 0.365 e. The number of nitrogens with two attached hydrogens (primary N) is 1. The number of aromatic nitrogens is 1. The Morgan fingerprint density at radius 1 is 1.20 bits per heavy atom. The van der Waals surface area contributed by atoms with Crippen molar-refractivity contribution in [1.82, 2.24) is 4.98 Å². The van der Waals surface area contributed by atoms with Crippen molar-refractivity contribution in [3.05, 3.63) is 59.4 Å². The van der Waals surface area contributed by atoms with E-state index in [4.69, 9.17) is 5.73 Å². The van der Waals surface area contributed by atoms with Gasteiger partial charge in [-0.2, -0.15) is 0 Å². The van der Waals surface area contributed by atoms with Crippen molar-refractivity contribution >= 4 is 5.69 Å². The van der Waals surface area contributed by atoms with Crippen LogP contribution in [0, 0.1) is 11.6 Å². The topological polar surface area (TPSA) is 42.2 Å². The third kappa shape index (κ3) is 3.30. The summed E-state index contributed by atoms with van der Waals surface area (Å²) in [6, 6.07) is 6.33. The Balaban J connectivity index is 2.23. The van der Waals surface area contributed by atoms with Crippen molar-refractivity contribution in [1.29, 1.82) is 0 Å². The second kappa shape index (κ2) is 6.43. The fourth-order valence-electron chi connectivity index (χ4n) is 2.14. The lowest BCUT2D eigenvalue weighted by Crippen LogP contribution is -2.19. The Kier molecular flexibility index (Phi) is 4.63. The molecule has 0 atom stereocenters. The maximum absolute atomic E-state index is 14.0. The molecule has 2 aromatic rings. The Hall–Kier alpha value is -2.01. The smallest absolute Gasteiger partial charge is 0.149 e. The highest BCUT2D eigenvalue weighted by Gasteiger charge is 2.15. The summed E-state index contributed by atoms with van der Waals surface area (Å²) in [5.74, 6) is -1.14. The molecule has 20 heavy (non-hydrogen) atoms. The molecule has 0 unspecified atom stereocenters. The Morgan fingerprint density at radius 3 is 2.45 bits per heavy atom. The molecule has 0 aliphatic carbocycles. The second-order valence-electron chi connectivity index (χ2n) is 4.66. The normalized spacial score (nSPS) is 10.6. The Labute approximate surface area is 117 Å². The van der Waals surface area contributed by atoms with Gasteiger partial charge in [0, 0.05) is 26.0 Å². The van der Waals surface area contributed by atoms with E-state index >= 15 is 0 Å². The van der Waals surface area contributed by atoms with Crippen LogP contribution in [0.2, 0.25) is 0 Å². The molecule has 0 aliphatic heterocycles. The Bertz CT molecular complexity index is 550. The number of hydrogen-bond acceptors (Lipinski definition) is 3. The van der Waals surface area contributed by atoms with Crippen molar-refractivity contribution < 1.29 is 8.78 Å². The first-order chi connectivity index (χ1) is 9.61. The van der Waals surface area contributed by atoms with Crippen LogP contribution in [0.25, 0.3) is 0 Å². The first-order valence-corrected chi connectivity index (χ1v) is 6.40. The van der Waals surface area contributed by atoms with Crippen LogP contribution in [0.5, 0.6) is 0 Å². The number of hydrogen-bond donors (Lipinski definition) is 1. The average molecular weight is 277 g/mol. The van der Waals surface area contributed by atoms with E-state index in [0.29, 0.717) is 25.1 Å². The van der Waals surface area contributed by atoms with E-state index in [-0.39, 0.29) is 5.69 Å². The van der Waals surface area contributed by atoms with Crippen LogP contribution in [0.3, 0.4) is 0 Å². The van der Waals surface area contributed by atoms with Gasteiger partial charge in [0.1, 0.15) is 17.3 Å². The highest BCUT2D eigenvalue weighted by atomic mass is 19.1. The van der Waals surface area contributed by atoms with Gasteiger partial charge < -0.3 is 10.6 Å². The highest BCUT2D eigenvalue weighted by Crippen LogP contribution is 2.25. The number of anilines is 1. The zero-order chi connectivity index (χ0) is 14.5. The standard InChI is InChI=1S/C15H17F2N3/c1-20(10-12-3-2-6-19-9-12)15-13(16)7-11(4-5-18)8-14(15)17/h2-3,6-9H,4-5,10,18H2,1H3. The van der Waals surface area contributed by atoms with E-state index in [1.54, 1.807) is 25.5 Å². The van der Waals surface area contributed by atoms with Crippen LogP contribution >= 0.6 is 0 Å². The predicted octanol–water partition coefficient (Wildman–Crippen LogP) is 2.50. The fourth-order valence-corrected chi connectivity index (χ4v) is 2.14. The van der Waals surface area contributed by atoms with Gasteiger partial charge in [-0.25, -0.2) is 8.78 Å². The minimum atomic E-state index is -0.570. The molecule has 0 saturated heterocycles. The van der Waals surface area contributed by atoms with Gasteiger partial charge in [0.2, 0.25) is 0 Å². The molecule has 1 heterocycles. The molecular weight excluding hydrogens is 260 g/mol. The lowest BCUT2D eigenvalue weighted by Gasteiger charge is -2.21. The number of nitrogens with zero attached hydrogens (tertiary/aromatic N) is 2. The second-order valence-corrected chi connectivity index (χ2v) is 4.66. The van der Waals surface area contributed by atoms with Crippen LogP contribution in [-0.2, 0) is 13.0 Å². The summed E-state index contributed by atoms with van der Waals surface area (Å²) < 4.78 is 28.1. The van der Waals surface area contributed by atoms with Gasteiger partial charge in [0.25, 0.3) is 0 Å². The molecule has 1 aromatic heterocycles. The van der Waals surface area contributed by atoms with Crippen LogP contribution in [-0.4, -0.2) is 18.6 Å². The summed E-state index contributed by atoms with van der Waals surface area (Å²) in [5.41, 5.74) is 6.82. The summed E-state index contributed by atoms with van der Waals surface area (Å²) in [6.45, 7) is 0.752. The van der Waals surface area contributed by atoms with Gasteiger partial charge in [-0.15, -0.1) is 0 Å². The van der Waals surface area contributed by atoms with Gasteiger partial charge in [0.05, 0.1) is 0 Å². The lowest BCUT2D eigenvalue weighted by atomic mass is 10.1. The summed E-state index contributed by atoms with van der Waals surface area (Å²) in [6.07, 6.45) is 3.79. The molecule has 2 rings (SSSR count). The summed E-state index contributed by atoms with van der Waals surface area (Å²) in [7, 11) is 1.65. The number of benzene rings is 1. The van der Waals surface area contributed by atoms with E-state index in [1.807, 2.05) is 6.07 Å².